The van der Waals surface area contributed by atoms with E-state index in [2.05, 4.69) is 11.4 Å². The molecule has 1 heterocycles. The summed E-state index contributed by atoms with van der Waals surface area (Å²) in [5.74, 6) is -1.57. The second-order valence-corrected chi connectivity index (χ2v) is 8.44. The highest BCUT2D eigenvalue weighted by atomic mass is 16.5. The normalized spacial score (nSPS) is 15.4. The molecule has 0 atom stereocenters. The van der Waals surface area contributed by atoms with Gasteiger partial charge in [0.25, 0.3) is 17.7 Å². The third-order valence-corrected chi connectivity index (χ3v) is 6.14. The third kappa shape index (κ3) is 5.30. The number of carbonyl (C=O) groups is 4. The fourth-order valence-electron chi connectivity index (χ4n) is 4.43. The minimum atomic E-state index is -0.528. The Balaban J connectivity index is 1.20. The maximum Gasteiger partial charge on any atom is 0.306 e. The van der Waals surface area contributed by atoms with Gasteiger partial charge in [-0.2, -0.15) is 0 Å². The molecule has 0 bridgehead atoms. The topological polar surface area (TPSA) is 92.8 Å². The first-order valence-corrected chi connectivity index (χ1v) is 11.5. The van der Waals surface area contributed by atoms with Crippen molar-refractivity contribution in [1.29, 1.82) is 0 Å². The van der Waals surface area contributed by atoms with Crippen LogP contribution in [0.4, 0.5) is 0 Å². The van der Waals surface area contributed by atoms with Crippen molar-refractivity contribution in [1.82, 2.24) is 10.2 Å². The largest absolute Gasteiger partial charge is 0.456 e. The van der Waals surface area contributed by atoms with Gasteiger partial charge in [-0.25, -0.2) is 0 Å². The highest BCUT2D eigenvalue weighted by molar-refractivity contribution is 6.25. The lowest BCUT2D eigenvalue weighted by Gasteiger charge is -2.27. The average Bonchev–Trinajstić information content (AvgIpc) is 2.84. The molecule has 33 heavy (non-hydrogen) atoms. The van der Waals surface area contributed by atoms with Crippen molar-refractivity contribution in [3.8, 4) is 0 Å². The van der Waals surface area contributed by atoms with Crippen LogP contribution in [0.3, 0.4) is 0 Å². The first-order valence-electron chi connectivity index (χ1n) is 11.5. The molecule has 0 aromatic heterocycles. The molecule has 172 valence electrons. The molecule has 4 rings (SSSR count). The Morgan fingerprint density at radius 1 is 1.00 bits per heavy atom. The third-order valence-electron chi connectivity index (χ3n) is 6.14. The lowest BCUT2D eigenvalue weighted by Crippen LogP contribution is -2.41. The van der Waals surface area contributed by atoms with E-state index in [1.807, 2.05) is 12.1 Å². The summed E-state index contributed by atoms with van der Waals surface area (Å²) in [7, 11) is 0. The van der Waals surface area contributed by atoms with E-state index in [-0.39, 0.29) is 43.7 Å². The molecule has 7 nitrogen and oxygen atoms in total. The van der Waals surface area contributed by atoms with Gasteiger partial charge in [0.1, 0.15) is 0 Å². The van der Waals surface area contributed by atoms with Crippen LogP contribution in [0.15, 0.2) is 48.0 Å². The van der Waals surface area contributed by atoms with Crippen LogP contribution in [0.5, 0.6) is 0 Å². The molecule has 1 aliphatic carbocycles. The van der Waals surface area contributed by atoms with Crippen LogP contribution in [0.1, 0.15) is 65.7 Å². The summed E-state index contributed by atoms with van der Waals surface area (Å²) in [6.45, 7) is 0.323. The summed E-state index contributed by atoms with van der Waals surface area (Å²) >= 11 is 0. The van der Waals surface area contributed by atoms with Crippen LogP contribution in [0.25, 0.3) is 10.8 Å². The molecule has 0 saturated heterocycles. The fourth-order valence-corrected chi connectivity index (χ4v) is 4.43. The van der Waals surface area contributed by atoms with Crippen LogP contribution >= 0.6 is 0 Å². The van der Waals surface area contributed by atoms with Crippen LogP contribution in [-0.4, -0.2) is 48.3 Å². The van der Waals surface area contributed by atoms with E-state index in [0.717, 1.165) is 24.6 Å². The van der Waals surface area contributed by atoms with Crippen molar-refractivity contribution in [2.24, 2.45) is 0 Å². The quantitative estimate of drug-likeness (QED) is 0.358. The smallest absolute Gasteiger partial charge is 0.306 e. The van der Waals surface area contributed by atoms with E-state index in [9.17, 15) is 19.2 Å². The molecular formula is C26H28N2O5. The number of ether oxygens (including phenoxy) is 1. The fraction of sp³-hybridized carbons (Fsp3) is 0.385. The Labute approximate surface area is 192 Å². The van der Waals surface area contributed by atoms with Gasteiger partial charge < -0.3 is 10.1 Å². The Kier molecular flexibility index (Phi) is 7.17. The molecule has 2 aromatic rings. The van der Waals surface area contributed by atoms with Crippen LogP contribution in [0.2, 0.25) is 0 Å². The summed E-state index contributed by atoms with van der Waals surface area (Å²) in [5.41, 5.74) is 2.36. The standard InChI is InChI=1S/C26H28N2O5/c29-22(27-15-14-18-7-2-1-3-8-18)17-33-23(30)13-6-16-28-25(31)20-11-4-9-19-10-5-12-21(24(19)20)26(28)32/h4-5,7,9-12H,1-3,6,8,13-17H2,(H,27,29). The molecule has 0 spiro atoms. The summed E-state index contributed by atoms with van der Waals surface area (Å²) in [6, 6.07) is 10.8. The molecule has 0 unspecified atom stereocenters. The zero-order valence-corrected chi connectivity index (χ0v) is 18.6. The number of hydrogen-bond donors (Lipinski definition) is 1. The monoisotopic (exact) mass is 448 g/mol. The van der Waals surface area contributed by atoms with E-state index in [1.165, 1.54) is 23.3 Å². The molecule has 7 heteroatoms. The zero-order chi connectivity index (χ0) is 23.2. The second kappa shape index (κ2) is 10.4. The van der Waals surface area contributed by atoms with Gasteiger partial charge in [0.05, 0.1) is 0 Å². The van der Waals surface area contributed by atoms with E-state index in [4.69, 9.17) is 4.74 Å². The number of allylic oxidation sites excluding steroid dienone is 1. The maximum absolute atomic E-state index is 12.9. The van der Waals surface area contributed by atoms with Crippen molar-refractivity contribution < 1.29 is 23.9 Å². The predicted molar refractivity (Wildman–Crippen MR) is 124 cm³/mol. The lowest BCUT2D eigenvalue weighted by molar-refractivity contribution is -0.148. The molecule has 1 aliphatic heterocycles. The summed E-state index contributed by atoms with van der Waals surface area (Å²) in [5, 5.41) is 4.30. The van der Waals surface area contributed by atoms with Crippen molar-refractivity contribution in [3.63, 3.8) is 0 Å². The van der Waals surface area contributed by atoms with Crippen molar-refractivity contribution >= 4 is 34.5 Å². The molecule has 0 radical (unpaired) electrons. The minimum Gasteiger partial charge on any atom is -0.456 e. The zero-order valence-electron chi connectivity index (χ0n) is 18.6. The van der Waals surface area contributed by atoms with Crippen molar-refractivity contribution in [2.75, 3.05) is 19.7 Å². The number of carbonyl (C=O) groups excluding carboxylic acids is 4. The van der Waals surface area contributed by atoms with Crippen LogP contribution in [0, 0.1) is 0 Å². The van der Waals surface area contributed by atoms with E-state index >= 15 is 0 Å². The number of nitrogens with one attached hydrogen (secondary N) is 1. The van der Waals surface area contributed by atoms with Crippen LogP contribution in [-0.2, 0) is 14.3 Å². The summed E-state index contributed by atoms with van der Waals surface area (Å²) in [4.78, 5) is 50.8. The first-order chi connectivity index (χ1) is 16.0. The highest BCUT2D eigenvalue weighted by Crippen LogP contribution is 2.30. The van der Waals surface area contributed by atoms with E-state index in [1.54, 1.807) is 24.3 Å². The number of nitrogens with zero attached hydrogens (tertiary/aromatic N) is 1. The molecule has 2 aromatic carbocycles. The lowest BCUT2D eigenvalue weighted by atomic mass is 9.94. The molecule has 0 fully saturated rings. The van der Waals surface area contributed by atoms with Gasteiger partial charge in [-0.05, 0) is 56.0 Å². The minimum absolute atomic E-state index is 0.0169. The molecule has 3 amide bonds. The SMILES string of the molecule is O=C(COC(=O)CCCN1C(=O)c2cccc3cccc(c23)C1=O)NCCC1=CCCCC1. The highest BCUT2D eigenvalue weighted by Gasteiger charge is 2.32. The number of amides is 3. The predicted octanol–water partition coefficient (Wildman–Crippen LogP) is 3.77. The van der Waals surface area contributed by atoms with Gasteiger partial charge in [-0.3, -0.25) is 24.1 Å². The number of esters is 1. The van der Waals surface area contributed by atoms with Gasteiger partial charge in [-0.15, -0.1) is 0 Å². The maximum atomic E-state index is 12.9. The van der Waals surface area contributed by atoms with Crippen molar-refractivity contribution in [3.05, 3.63) is 59.2 Å². The van der Waals surface area contributed by atoms with Crippen LogP contribution < -0.4 is 5.32 Å². The van der Waals surface area contributed by atoms with Gasteiger partial charge in [0.15, 0.2) is 6.61 Å². The molecule has 1 N–H and O–H groups in total. The Morgan fingerprint density at radius 3 is 2.39 bits per heavy atom. The number of imide groups is 1. The Morgan fingerprint density at radius 2 is 1.73 bits per heavy atom. The number of rotatable bonds is 9. The van der Waals surface area contributed by atoms with E-state index < -0.39 is 5.97 Å². The molecule has 2 aliphatic rings. The number of hydrogen-bond acceptors (Lipinski definition) is 5. The summed E-state index contributed by atoms with van der Waals surface area (Å²) in [6.07, 6.45) is 7.99. The van der Waals surface area contributed by atoms with Gasteiger partial charge in [0.2, 0.25) is 0 Å². The Hall–Kier alpha value is -3.48. The second-order valence-electron chi connectivity index (χ2n) is 8.44. The van der Waals surface area contributed by atoms with Crippen molar-refractivity contribution in [2.45, 2.75) is 44.9 Å². The summed E-state index contributed by atoms with van der Waals surface area (Å²) < 4.78 is 5.04. The van der Waals surface area contributed by atoms with Gasteiger partial charge in [0, 0.05) is 36.0 Å². The molecule has 0 saturated carbocycles. The first kappa shape index (κ1) is 22.7. The average molecular weight is 449 g/mol. The molecular weight excluding hydrogens is 420 g/mol. The van der Waals surface area contributed by atoms with E-state index in [0.29, 0.717) is 23.1 Å². The number of benzene rings is 2. The van der Waals surface area contributed by atoms with Gasteiger partial charge >= 0.3 is 5.97 Å². The van der Waals surface area contributed by atoms with Gasteiger partial charge in [-0.1, -0.05) is 35.9 Å². The Bertz CT molecular complexity index is 1070.